The maximum absolute atomic E-state index is 6.51. The lowest BCUT2D eigenvalue weighted by Gasteiger charge is -2.35. The zero-order chi connectivity index (χ0) is 14.9. The Balaban J connectivity index is 1.78. The molecule has 2 aromatic rings. The first-order valence-electron chi connectivity index (χ1n) is 8.58. The van der Waals surface area contributed by atoms with Gasteiger partial charge < -0.3 is 4.74 Å². The summed E-state index contributed by atoms with van der Waals surface area (Å²) in [6.45, 7) is 0.820. The van der Waals surface area contributed by atoms with Crippen molar-refractivity contribution < 1.29 is 4.74 Å². The molecule has 0 atom stereocenters. The van der Waals surface area contributed by atoms with Crippen LogP contribution in [0.15, 0.2) is 60.7 Å². The minimum atomic E-state index is 0.0276. The molecule has 0 bridgehead atoms. The zero-order valence-electron chi connectivity index (χ0n) is 13.1. The monoisotopic (exact) mass is 292 g/mol. The van der Waals surface area contributed by atoms with Crippen molar-refractivity contribution >= 4 is 0 Å². The fraction of sp³-hybridized carbons (Fsp3) is 0.429. The van der Waals surface area contributed by atoms with Crippen LogP contribution in [0.5, 0.6) is 0 Å². The Kier molecular flexibility index (Phi) is 3.54. The quantitative estimate of drug-likeness (QED) is 0.748. The van der Waals surface area contributed by atoms with Crippen molar-refractivity contribution in [1.29, 1.82) is 0 Å². The van der Waals surface area contributed by atoms with Crippen LogP contribution in [0.4, 0.5) is 0 Å². The fourth-order valence-corrected chi connectivity index (χ4v) is 4.50. The summed E-state index contributed by atoms with van der Waals surface area (Å²) >= 11 is 0. The Bertz CT molecular complexity index is 571. The second-order valence-corrected chi connectivity index (χ2v) is 7.02. The van der Waals surface area contributed by atoms with Gasteiger partial charge in [0.15, 0.2) is 0 Å². The molecule has 2 aromatic carbocycles. The number of hydrogen-bond acceptors (Lipinski definition) is 1. The Labute approximate surface area is 133 Å². The predicted octanol–water partition coefficient (Wildman–Crippen LogP) is 5.10. The molecule has 114 valence electrons. The summed E-state index contributed by atoms with van der Waals surface area (Å²) in [5.74, 6) is 0. The molecule has 1 aliphatic carbocycles. The highest BCUT2D eigenvalue weighted by Crippen LogP contribution is 2.51. The molecule has 2 aliphatic rings. The summed E-state index contributed by atoms with van der Waals surface area (Å²) in [5, 5.41) is 0. The van der Waals surface area contributed by atoms with E-state index in [-0.39, 0.29) is 11.0 Å². The highest BCUT2D eigenvalue weighted by molar-refractivity contribution is 5.41. The van der Waals surface area contributed by atoms with Crippen LogP contribution in [0.2, 0.25) is 0 Å². The minimum Gasteiger partial charge on any atom is -0.374 e. The first-order valence-corrected chi connectivity index (χ1v) is 8.58. The summed E-state index contributed by atoms with van der Waals surface area (Å²) in [6.07, 6.45) is 7.60. The Hall–Kier alpha value is -1.60. The van der Waals surface area contributed by atoms with Gasteiger partial charge in [0.2, 0.25) is 0 Å². The third-order valence-electron chi connectivity index (χ3n) is 5.67. The third-order valence-corrected chi connectivity index (χ3v) is 5.67. The van der Waals surface area contributed by atoms with Gasteiger partial charge >= 0.3 is 0 Å². The van der Waals surface area contributed by atoms with Crippen molar-refractivity contribution in [2.75, 3.05) is 6.61 Å². The smallest absolute Gasteiger partial charge is 0.0695 e. The number of benzene rings is 2. The molecule has 2 fully saturated rings. The molecule has 0 aromatic heterocycles. The molecule has 1 aliphatic heterocycles. The van der Waals surface area contributed by atoms with E-state index in [1.807, 2.05) is 0 Å². The van der Waals surface area contributed by atoms with Crippen molar-refractivity contribution in [3.05, 3.63) is 71.8 Å². The second kappa shape index (κ2) is 5.55. The molecule has 1 nitrogen and oxygen atoms in total. The van der Waals surface area contributed by atoms with Gasteiger partial charge in [0.05, 0.1) is 12.2 Å². The molecule has 0 N–H and O–H groups in total. The third kappa shape index (κ3) is 2.28. The van der Waals surface area contributed by atoms with Crippen LogP contribution in [0.3, 0.4) is 0 Å². The van der Waals surface area contributed by atoms with E-state index in [1.54, 1.807) is 0 Å². The van der Waals surface area contributed by atoms with Crippen LogP contribution in [0, 0.1) is 0 Å². The molecule has 1 saturated carbocycles. The highest BCUT2D eigenvalue weighted by atomic mass is 16.5. The van der Waals surface area contributed by atoms with Gasteiger partial charge in [-0.15, -0.1) is 0 Å². The van der Waals surface area contributed by atoms with Gasteiger partial charge in [0.1, 0.15) is 0 Å². The summed E-state index contributed by atoms with van der Waals surface area (Å²) in [6, 6.07) is 21.9. The van der Waals surface area contributed by atoms with Crippen molar-refractivity contribution in [2.24, 2.45) is 0 Å². The van der Waals surface area contributed by atoms with Crippen LogP contribution in [0.25, 0.3) is 0 Å². The Morgan fingerprint density at radius 3 is 1.77 bits per heavy atom. The molecule has 22 heavy (non-hydrogen) atoms. The van der Waals surface area contributed by atoms with E-state index in [9.17, 15) is 0 Å². The largest absolute Gasteiger partial charge is 0.374 e. The van der Waals surface area contributed by atoms with Gasteiger partial charge in [0, 0.05) is 5.41 Å². The maximum atomic E-state index is 6.51. The van der Waals surface area contributed by atoms with Gasteiger partial charge in [-0.3, -0.25) is 0 Å². The van der Waals surface area contributed by atoms with Gasteiger partial charge in [-0.05, 0) is 30.4 Å². The lowest BCUT2D eigenvalue weighted by atomic mass is 9.68. The number of hydrogen-bond donors (Lipinski definition) is 0. The minimum absolute atomic E-state index is 0.0276. The lowest BCUT2D eigenvalue weighted by molar-refractivity contribution is -0.0249. The molecule has 1 saturated heterocycles. The van der Waals surface area contributed by atoms with Crippen molar-refractivity contribution in [3.63, 3.8) is 0 Å². The van der Waals surface area contributed by atoms with E-state index in [4.69, 9.17) is 4.74 Å². The molecule has 4 rings (SSSR count). The Morgan fingerprint density at radius 1 is 0.682 bits per heavy atom. The van der Waals surface area contributed by atoms with E-state index < -0.39 is 0 Å². The van der Waals surface area contributed by atoms with Gasteiger partial charge in [-0.2, -0.15) is 0 Å². The normalized spacial score (nSPS) is 22.7. The van der Waals surface area contributed by atoms with Gasteiger partial charge in [0.25, 0.3) is 0 Å². The molecule has 1 spiro atoms. The average Bonchev–Trinajstić information content (AvgIpc) is 2.97. The molecule has 0 amide bonds. The van der Waals surface area contributed by atoms with E-state index in [2.05, 4.69) is 60.7 Å². The lowest BCUT2D eigenvalue weighted by Crippen LogP contribution is -2.34. The first-order chi connectivity index (χ1) is 10.8. The summed E-state index contributed by atoms with van der Waals surface area (Å²) in [7, 11) is 0. The topological polar surface area (TPSA) is 9.23 Å². The van der Waals surface area contributed by atoms with Gasteiger partial charge in [-0.1, -0.05) is 79.9 Å². The summed E-state index contributed by atoms with van der Waals surface area (Å²) < 4.78 is 6.51. The van der Waals surface area contributed by atoms with Crippen LogP contribution in [-0.2, 0) is 10.2 Å². The average molecular weight is 292 g/mol. The van der Waals surface area contributed by atoms with Crippen molar-refractivity contribution in [3.8, 4) is 0 Å². The molecular formula is C21H24O. The summed E-state index contributed by atoms with van der Waals surface area (Å²) in [5.41, 5.74) is 2.95. The molecule has 1 heterocycles. The maximum Gasteiger partial charge on any atom is 0.0695 e. The Morgan fingerprint density at radius 2 is 1.23 bits per heavy atom. The number of rotatable bonds is 2. The van der Waals surface area contributed by atoms with Crippen LogP contribution in [0.1, 0.15) is 49.7 Å². The predicted molar refractivity (Wildman–Crippen MR) is 90.0 cm³/mol. The van der Waals surface area contributed by atoms with E-state index in [1.165, 1.54) is 43.2 Å². The number of ether oxygens (including phenoxy) is 1. The molecule has 0 unspecified atom stereocenters. The standard InChI is InChI=1S/C21H24O/c1-4-10-18(11-5-1)21(19-12-6-2-7-13-19)16-20(22-17-21)14-8-3-9-15-20/h1-2,4-7,10-13H,3,8-9,14-17H2. The first kappa shape index (κ1) is 14.0. The van der Waals surface area contributed by atoms with E-state index in [0.717, 1.165) is 13.0 Å². The summed E-state index contributed by atoms with van der Waals surface area (Å²) in [4.78, 5) is 0. The van der Waals surface area contributed by atoms with Crippen molar-refractivity contribution in [2.45, 2.75) is 49.5 Å². The molecule has 0 radical (unpaired) electrons. The van der Waals surface area contributed by atoms with Crippen LogP contribution < -0.4 is 0 Å². The van der Waals surface area contributed by atoms with E-state index in [0.29, 0.717) is 0 Å². The molecular weight excluding hydrogens is 268 g/mol. The van der Waals surface area contributed by atoms with Crippen LogP contribution >= 0.6 is 0 Å². The SMILES string of the molecule is c1ccc(C2(c3ccccc3)COC3(CCCCC3)C2)cc1. The van der Waals surface area contributed by atoms with Crippen LogP contribution in [-0.4, -0.2) is 12.2 Å². The van der Waals surface area contributed by atoms with E-state index >= 15 is 0 Å². The fourth-order valence-electron chi connectivity index (χ4n) is 4.50. The molecule has 1 heteroatoms. The second-order valence-electron chi connectivity index (χ2n) is 7.02. The van der Waals surface area contributed by atoms with Crippen molar-refractivity contribution in [1.82, 2.24) is 0 Å². The van der Waals surface area contributed by atoms with Gasteiger partial charge in [-0.25, -0.2) is 0 Å². The zero-order valence-corrected chi connectivity index (χ0v) is 13.1. The highest BCUT2D eigenvalue weighted by Gasteiger charge is 2.51.